The SMILES string of the molecule is CN(CC(=O)NC1CC1)CC(=O)c1ccc(O)cc1. The summed E-state index contributed by atoms with van der Waals surface area (Å²) in [6, 6.07) is 6.46. The van der Waals surface area contributed by atoms with Gasteiger partial charge in [-0.1, -0.05) is 0 Å². The Labute approximate surface area is 112 Å². The Morgan fingerprint density at radius 1 is 1.26 bits per heavy atom. The second-order valence-corrected chi connectivity index (χ2v) is 4.98. The van der Waals surface area contributed by atoms with Crippen molar-refractivity contribution in [2.75, 3.05) is 20.1 Å². The van der Waals surface area contributed by atoms with Gasteiger partial charge in [-0.25, -0.2) is 0 Å². The van der Waals surface area contributed by atoms with Gasteiger partial charge < -0.3 is 10.4 Å². The van der Waals surface area contributed by atoms with Gasteiger partial charge in [-0.15, -0.1) is 0 Å². The lowest BCUT2D eigenvalue weighted by molar-refractivity contribution is -0.121. The van der Waals surface area contributed by atoms with E-state index in [9.17, 15) is 9.59 Å². The zero-order valence-electron chi connectivity index (χ0n) is 10.9. The minimum absolute atomic E-state index is 0.0384. The van der Waals surface area contributed by atoms with E-state index in [1.54, 1.807) is 24.1 Å². The molecule has 1 aromatic carbocycles. The summed E-state index contributed by atoms with van der Waals surface area (Å²) in [4.78, 5) is 25.2. The van der Waals surface area contributed by atoms with Gasteiger partial charge >= 0.3 is 0 Å². The number of carbonyl (C=O) groups is 2. The first-order valence-electron chi connectivity index (χ1n) is 6.35. The molecule has 1 aliphatic carbocycles. The zero-order valence-corrected chi connectivity index (χ0v) is 10.9. The van der Waals surface area contributed by atoms with Gasteiger partial charge in [0, 0.05) is 11.6 Å². The summed E-state index contributed by atoms with van der Waals surface area (Å²) in [6.07, 6.45) is 2.11. The first-order chi connectivity index (χ1) is 9.04. The molecular weight excluding hydrogens is 244 g/mol. The van der Waals surface area contributed by atoms with Crippen molar-refractivity contribution in [3.8, 4) is 5.75 Å². The number of Topliss-reactive ketones (excluding diaryl/α,β-unsaturated/α-hetero) is 1. The fraction of sp³-hybridized carbons (Fsp3) is 0.429. The van der Waals surface area contributed by atoms with Gasteiger partial charge in [0.25, 0.3) is 0 Å². The number of benzene rings is 1. The topological polar surface area (TPSA) is 69.6 Å². The summed E-state index contributed by atoms with van der Waals surface area (Å²) < 4.78 is 0. The summed E-state index contributed by atoms with van der Waals surface area (Å²) in [5.41, 5.74) is 0.534. The number of amides is 1. The summed E-state index contributed by atoms with van der Waals surface area (Å²) in [6.45, 7) is 0.406. The molecule has 2 rings (SSSR count). The van der Waals surface area contributed by atoms with Crippen molar-refractivity contribution >= 4 is 11.7 Å². The molecule has 0 radical (unpaired) electrons. The molecule has 0 spiro atoms. The standard InChI is InChI=1S/C14H18N2O3/c1-16(9-14(19)15-11-4-5-11)8-13(18)10-2-6-12(17)7-3-10/h2-3,6-7,11,17H,4-5,8-9H2,1H3,(H,15,19). The highest BCUT2D eigenvalue weighted by molar-refractivity contribution is 5.97. The molecule has 1 amide bonds. The predicted octanol–water partition coefficient (Wildman–Crippen LogP) is 0.785. The molecular formula is C14H18N2O3. The van der Waals surface area contributed by atoms with E-state index in [0.717, 1.165) is 12.8 Å². The number of nitrogens with one attached hydrogen (secondary N) is 1. The quantitative estimate of drug-likeness (QED) is 0.743. The van der Waals surface area contributed by atoms with Gasteiger partial charge in [0.1, 0.15) is 5.75 Å². The number of hydrogen-bond acceptors (Lipinski definition) is 4. The van der Waals surface area contributed by atoms with Crippen molar-refractivity contribution in [2.45, 2.75) is 18.9 Å². The van der Waals surface area contributed by atoms with Crippen LogP contribution in [0.4, 0.5) is 0 Å². The summed E-state index contributed by atoms with van der Waals surface area (Å²) in [5.74, 6) is 0.0268. The zero-order chi connectivity index (χ0) is 13.8. The number of aromatic hydroxyl groups is 1. The van der Waals surface area contributed by atoms with Crippen LogP contribution in [0, 0.1) is 0 Å². The molecule has 0 atom stereocenters. The first kappa shape index (κ1) is 13.5. The largest absolute Gasteiger partial charge is 0.508 e. The fourth-order valence-corrected chi connectivity index (χ4v) is 1.79. The highest BCUT2D eigenvalue weighted by atomic mass is 16.3. The molecule has 0 aliphatic heterocycles. The number of carbonyl (C=O) groups excluding carboxylic acids is 2. The van der Waals surface area contributed by atoms with Crippen LogP contribution in [-0.4, -0.2) is 47.9 Å². The number of likely N-dealkylation sites (N-methyl/N-ethyl adjacent to an activating group) is 1. The van der Waals surface area contributed by atoms with E-state index in [-0.39, 0.29) is 30.5 Å². The molecule has 1 fully saturated rings. The average molecular weight is 262 g/mol. The van der Waals surface area contributed by atoms with Crippen molar-refractivity contribution in [3.05, 3.63) is 29.8 Å². The van der Waals surface area contributed by atoms with Crippen LogP contribution in [0.25, 0.3) is 0 Å². The molecule has 1 saturated carbocycles. The normalized spacial score (nSPS) is 14.4. The average Bonchev–Trinajstić information content (AvgIpc) is 3.13. The lowest BCUT2D eigenvalue weighted by Crippen LogP contribution is -2.38. The van der Waals surface area contributed by atoms with E-state index in [4.69, 9.17) is 5.11 Å². The lowest BCUT2D eigenvalue weighted by Gasteiger charge is -2.15. The molecule has 0 aromatic heterocycles. The van der Waals surface area contributed by atoms with Gasteiger partial charge in [0.05, 0.1) is 13.1 Å². The first-order valence-corrected chi connectivity index (χ1v) is 6.35. The summed E-state index contributed by atoms with van der Waals surface area (Å²) in [5, 5.41) is 12.0. The van der Waals surface area contributed by atoms with Crippen LogP contribution >= 0.6 is 0 Å². The van der Waals surface area contributed by atoms with E-state index < -0.39 is 0 Å². The minimum atomic E-state index is -0.0679. The van der Waals surface area contributed by atoms with Gasteiger partial charge in [0.2, 0.25) is 5.91 Å². The van der Waals surface area contributed by atoms with Gasteiger partial charge in [0.15, 0.2) is 5.78 Å². The van der Waals surface area contributed by atoms with Crippen LogP contribution in [0.15, 0.2) is 24.3 Å². The molecule has 1 aromatic rings. The minimum Gasteiger partial charge on any atom is -0.508 e. The number of rotatable bonds is 6. The molecule has 1 aliphatic rings. The van der Waals surface area contributed by atoms with Crippen LogP contribution in [0.3, 0.4) is 0 Å². The molecule has 0 saturated heterocycles. The van der Waals surface area contributed by atoms with E-state index in [1.165, 1.54) is 12.1 Å². The van der Waals surface area contributed by atoms with E-state index in [2.05, 4.69) is 5.32 Å². The number of phenolic OH excluding ortho intramolecular Hbond substituents is 1. The van der Waals surface area contributed by atoms with Crippen molar-refractivity contribution in [1.82, 2.24) is 10.2 Å². The predicted molar refractivity (Wildman–Crippen MR) is 71.1 cm³/mol. The highest BCUT2D eigenvalue weighted by Crippen LogP contribution is 2.18. The molecule has 0 unspecified atom stereocenters. The molecule has 2 N–H and O–H groups in total. The Hall–Kier alpha value is -1.88. The molecule has 0 heterocycles. The van der Waals surface area contributed by atoms with Crippen molar-refractivity contribution < 1.29 is 14.7 Å². The van der Waals surface area contributed by atoms with Crippen LogP contribution < -0.4 is 5.32 Å². The Morgan fingerprint density at radius 2 is 1.89 bits per heavy atom. The maximum atomic E-state index is 11.9. The van der Waals surface area contributed by atoms with Crippen LogP contribution in [0.5, 0.6) is 5.75 Å². The lowest BCUT2D eigenvalue weighted by atomic mass is 10.1. The highest BCUT2D eigenvalue weighted by Gasteiger charge is 2.23. The Morgan fingerprint density at radius 3 is 2.47 bits per heavy atom. The Balaban J connectivity index is 1.80. The Bertz CT molecular complexity index is 466. The van der Waals surface area contributed by atoms with Gasteiger partial charge in [-0.05, 0) is 44.2 Å². The van der Waals surface area contributed by atoms with E-state index in [1.807, 2.05) is 0 Å². The second-order valence-electron chi connectivity index (χ2n) is 4.98. The van der Waals surface area contributed by atoms with Crippen molar-refractivity contribution in [1.29, 1.82) is 0 Å². The summed E-state index contributed by atoms with van der Waals surface area (Å²) >= 11 is 0. The molecule has 0 bridgehead atoms. The Kier molecular flexibility index (Phi) is 4.16. The third-order valence-electron chi connectivity index (χ3n) is 2.96. The van der Waals surface area contributed by atoms with Gasteiger partial charge in [-0.2, -0.15) is 0 Å². The van der Waals surface area contributed by atoms with Crippen LogP contribution in [0.1, 0.15) is 23.2 Å². The molecule has 102 valence electrons. The smallest absolute Gasteiger partial charge is 0.234 e. The molecule has 19 heavy (non-hydrogen) atoms. The number of hydrogen-bond donors (Lipinski definition) is 2. The monoisotopic (exact) mass is 262 g/mol. The van der Waals surface area contributed by atoms with E-state index in [0.29, 0.717) is 11.6 Å². The maximum absolute atomic E-state index is 11.9. The fourth-order valence-electron chi connectivity index (χ4n) is 1.79. The van der Waals surface area contributed by atoms with Crippen LogP contribution in [-0.2, 0) is 4.79 Å². The second kappa shape index (κ2) is 5.84. The molecule has 5 heteroatoms. The van der Waals surface area contributed by atoms with Crippen molar-refractivity contribution in [2.24, 2.45) is 0 Å². The number of ketones is 1. The molecule has 5 nitrogen and oxygen atoms in total. The van der Waals surface area contributed by atoms with E-state index >= 15 is 0 Å². The van der Waals surface area contributed by atoms with Crippen molar-refractivity contribution in [3.63, 3.8) is 0 Å². The van der Waals surface area contributed by atoms with Gasteiger partial charge in [-0.3, -0.25) is 14.5 Å². The third kappa shape index (κ3) is 4.37. The third-order valence-corrected chi connectivity index (χ3v) is 2.96. The van der Waals surface area contributed by atoms with Crippen LogP contribution in [0.2, 0.25) is 0 Å². The maximum Gasteiger partial charge on any atom is 0.234 e. The summed E-state index contributed by atoms with van der Waals surface area (Å²) in [7, 11) is 1.74. The number of nitrogens with zero attached hydrogens (tertiary/aromatic N) is 1. The number of phenols is 1.